The van der Waals surface area contributed by atoms with Gasteiger partial charge in [0.15, 0.2) is 8.07 Å². The van der Waals surface area contributed by atoms with E-state index in [0.717, 1.165) is 12.8 Å². The van der Waals surface area contributed by atoms with E-state index >= 15 is 0 Å². The summed E-state index contributed by atoms with van der Waals surface area (Å²) in [6.07, 6.45) is 8.84. The van der Waals surface area contributed by atoms with E-state index in [1.54, 1.807) is 0 Å². The Hall–Kier alpha value is -3.42. The summed E-state index contributed by atoms with van der Waals surface area (Å²) in [6, 6.07) is 43.7. The van der Waals surface area contributed by atoms with Gasteiger partial charge in [0.05, 0.1) is 0 Å². The molecule has 0 heterocycles. The topological polar surface area (TPSA) is 0 Å². The van der Waals surface area contributed by atoms with Crippen LogP contribution in [0.15, 0.2) is 145 Å². The SMILES string of the molecule is C(=C/Cc1ccccc1)/C/C=C/[Si](c1ccccc1)(c1ccccc1)c1ccccc1. The molecule has 0 fully saturated rings. The summed E-state index contributed by atoms with van der Waals surface area (Å²) in [5.74, 6) is 0. The molecular formula is C30H28Si. The van der Waals surface area contributed by atoms with Crippen molar-refractivity contribution in [3.8, 4) is 0 Å². The summed E-state index contributed by atoms with van der Waals surface area (Å²) in [7, 11) is -2.26. The van der Waals surface area contributed by atoms with Gasteiger partial charge in [0.1, 0.15) is 0 Å². The Labute approximate surface area is 187 Å². The standard InChI is InChI=1S/C30H28Si/c1(7-17-27-18-8-3-9-19-27)2-16-26-31(28-20-10-4-11-21-28,29-22-12-5-13-23-29)30-24-14-6-15-25-30/h1,3-16,18-26H,2,17H2/b7-1-,26-16+. The molecule has 1 heteroatoms. The smallest absolute Gasteiger partial charge is 0.0876 e. The maximum atomic E-state index is 2.51. The number of benzene rings is 4. The minimum absolute atomic E-state index is 0.939. The first-order valence-electron chi connectivity index (χ1n) is 10.9. The number of hydrogen-bond acceptors (Lipinski definition) is 0. The van der Waals surface area contributed by atoms with Crippen LogP contribution in [-0.4, -0.2) is 8.07 Å². The molecule has 4 aromatic carbocycles. The van der Waals surface area contributed by atoms with Crippen molar-refractivity contribution in [3.05, 3.63) is 151 Å². The number of rotatable bonds is 8. The maximum absolute atomic E-state index is 2.51. The minimum Gasteiger partial charge on any atom is -0.0876 e. The van der Waals surface area contributed by atoms with Crippen molar-refractivity contribution < 1.29 is 0 Å². The monoisotopic (exact) mass is 416 g/mol. The van der Waals surface area contributed by atoms with Crippen molar-refractivity contribution in [1.82, 2.24) is 0 Å². The molecule has 0 aliphatic heterocycles. The fourth-order valence-electron chi connectivity index (χ4n) is 4.14. The third-order valence-corrected chi connectivity index (χ3v) is 10.2. The molecule has 0 radical (unpaired) electrons. The Bertz CT molecular complexity index is 1000. The van der Waals surface area contributed by atoms with Gasteiger partial charge in [0.2, 0.25) is 0 Å². The Kier molecular flexibility index (Phi) is 7.10. The molecule has 0 aromatic heterocycles. The molecule has 0 bridgehead atoms. The Morgan fingerprint density at radius 3 is 1.32 bits per heavy atom. The van der Waals surface area contributed by atoms with Crippen LogP contribution in [0.25, 0.3) is 0 Å². The van der Waals surface area contributed by atoms with E-state index in [4.69, 9.17) is 0 Å². The summed E-state index contributed by atoms with van der Waals surface area (Å²) in [4.78, 5) is 0. The van der Waals surface area contributed by atoms with Gasteiger partial charge >= 0.3 is 0 Å². The first-order chi connectivity index (χ1) is 15.4. The summed E-state index contributed by atoms with van der Waals surface area (Å²) >= 11 is 0. The van der Waals surface area contributed by atoms with E-state index in [-0.39, 0.29) is 0 Å². The van der Waals surface area contributed by atoms with Gasteiger partial charge in [-0.15, -0.1) is 0 Å². The van der Waals surface area contributed by atoms with Crippen LogP contribution < -0.4 is 15.6 Å². The molecule has 0 amide bonds. The Balaban J connectivity index is 1.68. The average Bonchev–Trinajstić information content (AvgIpc) is 2.86. The summed E-state index contributed by atoms with van der Waals surface area (Å²) in [5, 5.41) is 4.24. The lowest BCUT2D eigenvalue weighted by molar-refractivity contribution is 1.24. The van der Waals surface area contributed by atoms with Crippen molar-refractivity contribution >= 4 is 23.6 Å². The fourth-order valence-corrected chi connectivity index (χ4v) is 8.37. The molecule has 0 spiro atoms. The number of allylic oxidation sites excluding steroid dienone is 3. The van der Waals surface area contributed by atoms with Crippen LogP contribution in [0.5, 0.6) is 0 Å². The third kappa shape index (κ3) is 5.02. The lowest BCUT2D eigenvalue weighted by Crippen LogP contribution is -2.66. The molecule has 0 unspecified atom stereocenters. The molecule has 0 nitrogen and oxygen atoms in total. The normalized spacial score (nSPS) is 11.9. The van der Waals surface area contributed by atoms with Gasteiger partial charge in [-0.1, -0.05) is 145 Å². The zero-order valence-electron chi connectivity index (χ0n) is 17.8. The molecule has 31 heavy (non-hydrogen) atoms. The second kappa shape index (κ2) is 10.6. The summed E-state index contributed by atoms with van der Waals surface area (Å²) in [5.41, 5.74) is 3.86. The van der Waals surface area contributed by atoms with Crippen LogP contribution in [0.4, 0.5) is 0 Å². The van der Waals surface area contributed by atoms with Crippen molar-refractivity contribution in [3.63, 3.8) is 0 Å². The minimum atomic E-state index is -2.26. The van der Waals surface area contributed by atoms with E-state index in [1.807, 2.05) is 0 Å². The van der Waals surface area contributed by atoms with Gasteiger partial charge in [0, 0.05) is 0 Å². The van der Waals surface area contributed by atoms with Gasteiger partial charge in [-0.3, -0.25) is 0 Å². The molecule has 0 saturated carbocycles. The van der Waals surface area contributed by atoms with Crippen LogP contribution in [0.1, 0.15) is 12.0 Å². The fraction of sp³-hybridized carbons (Fsp3) is 0.0667. The summed E-state index contributed by atoms with van der Waals surface area (Å²) < 4.78 is 0. The van der Waals surface area contributed by atoms with Crippen molar-refractivity contribution in [2.45, 2.75) is 12.8 Å². The number of hydrogen-bond donors (Lipinski definition) is 0. The van der Waals surface area contributed by atoms with Gasteiger partial charge in [-0.05, 0) is 34.0 Å². The quantitative estimate of drug-likeness (QED) is 0.204. The maximum Gasteiger partial charge on any atom is 0.172 e. The highest BCUT2D eigenvalue weighted by Gasteiger charge is 2.36. The van der Waals surface area contributed by atoms with Crippen LogP contribution in [-0.2, 0) is 6.42 Å². The molecule has 4 aromatic rings. The lowest BCUT2D eigenvalue weighted by Gasteiger charge is -2.30. The lowest BCUT2D eigenvalue weighted by atomic mass is 10.1. The highest BCUT2D eigenvalue weighted by molar-refractivity contribution is 7.14. The van der Waals surface area contributed by atoms with E-state index in [1.165, 1.54) is 21.1 Å². The van der Waals surface area contributed by atoms with Crippen LogP contribution >= 0.6 is 0 Å². The third-order valence-electron chi connectivity index (χ3n) is 5.69. The largest absolute Gasteiger partial charge is 0.172 e. The van der Waals surface area contributed by atoms with Crippen molar-refractivity contribution in [2.75, 3.05) is 0 Å². The summed E-state index contributed by atoms with van der Waals surface area (Å²) in [6.45, 7) is 0. The molecule has 4 rings (SSSR count). The van der Waals surface area contributed by atoms with E-state index in [9.17, 15) is 0 Å². The van der Waals surface area contributed by atoms with E-state index in [0.29, 0.717) is 0 Å². The molecule has 152 valence electrons. The Morgan fingerprint density at radius 2 is 0.871 bits per heavy atom. The molecule has 0 atom stereocenters. The first-order valence-corrected chi connectivity index (χ1v) is 13.0. The van der Waals surface area contributed by atoms with E-state index < -0.39 is 8.07 Å². The molecule has 0 aliphatic rings. The van der Waals surface area contributed by atoms with Gasteiger partial charge in [0.25, 0.3) is 0 Å². The van der Waals surface area contributed by atoms with Crippen molar-refractivity contribution in [2.24, 2.45) is 0 Å². The molecule has 0 aliphatic carbocycles. The molecular weight excluding hydrogens is 388 g/mol. The second-order valence-corrected chi connectivity index (χ2v) is 11.4. The highest BCUT2D eigenvalue weighted by atomic mass is 28.3. The Morgan fingerprint density at radius 1 is 0.452 bits per heavy atom. The predicted octanol–water partition coefficient (Wildman–Crippen LogP) is 5.44. The zero-order valence-corrected chi connectivity index (χ0v) is 18.8. The zero-order chi connectivity index (χ0) is 21.2. The van der Waals surface area contributed by atoms with Crippen molar-refractivity contribution in [1.29, 1.82) is 0 Å². The van der Waals surface area contributed by atoms with Crippen LogP contribution in [0.2, 0.25) is 0 Å². The predicted molar refractivity (Wildman–Crippen MR) is 137 cm³/mol. The van der Waals surface area contributed by atoms with Gasteiger partial charge in [-0.25, -0.2) is 0 Å². The second-order valence-electron chi connectivity index (χ2n) is 7.71. The average molecular weight is 417 g/mol. The van der Waals surface area contributed by atoms with Crippen LogP contribution in [0, 0.1) is 0 Å². The van der Waals surface area contributed by atoms with Gasteiger partial charge in [-0.2, -0.15) is 0 Å². The van der Waals surface area contributed by atoms with Gasteiger partial charge < -0.3 is 0 Å². The molecule has 0 saturated heterocycles. The van der Waals surface area contributed by atoms with E-state index in [2.05, 4.69) is 145 Å². The molecule has 0 N–H and O–H groups in total. The highest BCUT2D eigenvalue weighted by Crippen LogP contribution is 2.10. The first kappa shape index (κ1) is 20.8. The van der Waals surface area contributed by atoms with Crippen LogP contribution in [0.3, 0.4) is 0 Å².